The van der Waals surface area contributed by atoms with E-state index in [2.05, 4.69) is 5.32 Å². The van der Waals surface area contributed by atoms with E-state index in [0.717, 1.165) is 6.07 Å². The molecule has 1 aromatic rings. The second-order valence-corrected chi connectivity index (χ2v) is 3.96. The predicted molar refractivity (Wildman–Crippen MR) is 66.4 cm³/mol. The molecule has 1 aliphatic heterocycles. The standard InChI is InChI=1S/C11H13N3O4/c1-2-13-4-3-12-10-8(13)5-7(11(15)16)6-9(10)14(17)18/h5-6,12H,2-4H2,1H3,(H,15,16). The molecule has 0 spiro atoms. The van der Waals surface area contributed by atoms with E-state index < -0.39 is 10.9 Å². The monoisotopic (exact) mass is 251 g/mol. The first kappa shape index (κ1) is 12.2. The maximum Gasteiger partial charge on any atom is 0.336 e. The smallest absolute Gasteiger partial charge is 0.336 e. The minimum atomic E-state index is -1.16. The Labute approximate surface area is 103 Å². The molecule has 2 N–H and O–H groups in total. The second kappa shape index (κ2) is 4.52. The van der Waals surface area contributed by atoms with Gasteiger partial charge in [0, 0.05) is 25.7 Å². The van der Waals surface area contributed by atoms with Crippen LogP contribution in [0.5, 0.6) is 0 Å². The molecule has 7 nitrogen and oxygen atoms in total. The summed E-state index contributed by atoms with van der Waals surface area (Å²) in [4.78, 5) is 23.4. The van der Waals surface area contributed by atoms with Crippen LogP contribution in [0.25, 0.3) is 0 Å². The largest absolute Gasteiger partial charge is 0.478 e. The number of carbonyl (C=O) groups is 1. The lowest BCUT2D eigenvalue weighted by molar-refractivity contribution is -0.383. The molecule has 2 rings (SSSR count). The molecule has 0 aliphatic carbocycles. The number of anilines is 2. The lowest BCUT2D eigenvalue weighted by atomic mass is 10.1. The first-order valence-corrected chi connectivity index (χ1v) is 5.59. The van der Waals surface area contributed by atoms with Crippen LogP contribution in [0, 0.1) is 10.1 Å². The van der Waals surface area contributed by atoms with Gasteiger partial charge in [-0.3, -0.25) is 10.1 Å². The van der Waals surface area contributed by atoms with Crippen LogP contribution in [0.1, 0.15) is 17.3 Å². The van der Waals surface area contributed by atoms with Gasteiger partial charge in [-0.25, -0.2) is 4.79 Å². The van der Waals surface area contributed by atoms with E-state index in [1.165, 1.54) is 6.07 Å². The molecule has 1 heterocycles. The molecule has 0 radical (unpaired) electrons. The Morgan fingerprint density at radius 2 is 2.33 bits per heavy atom. The molecule has 96 valence electrons. The zero-order valence-corrected chi connectivity index (χ0v) is 9.84. The van der Waals surface area contributed by atoms with Crippen LogP contribution in [-0.4, -0.2) is 35.6 Å². The molecule has 0 fully saturated rings. The molecule has 0 atom stereocenters. The molecular formula is C11H13N3O4. The molecule has 0 saturated carbocycles. The van der Waals surface area contributed by atoms with Gasteiger partial charge >= 0.3 is 5.97 Å². The number of carboxylic acid groups (broad SMARTS) is 1. The average molecular weight is 251 g/mol. The maximum atomic E-state index is 11.0. The number of benzene rings is 1. The van der Waals surface area contributed by atoms with Crippen LogP contribution in [0.4, 0.5) is 17.1 Å². The fourth-order valence-corrected chi connectivity index (χ4v) is 2.07. The van der Waals surface area contributed by atoms with Crippen molar-refractivity contribution in [2.75, 3.05) is 29.9 Å². The van der Waals surface area contributed by atoms with Crippen molar-refractivity contribution >= 4 is 23.0 Å². The molecule has 0 bridgehead atoms. The highest BCUT2D eigenvalue weighted by molar-refractivity contribution is 5.94. The van der Waals surface area contributed by atoms with Crippen LogP contribution >= 0.6 is 0 Å². The summed E-state index contributed by atoms with van der Waals surface area (Å²) >= 11 is 0. The summed E-state index contributed by atoms with van der Waals surface area (Å²) in [6.07, 6.45) is 0. The van der Waals surface area contributed by atoms with Gasteiger partial charge in [-0.1, -0.05) is 0 Å². The fraction of sp³-hybridized carbons (Fsp3) is 0.364. The number of nitro groups is 1. The van der Waals surface area contributed by atoms with Crippen molar-refractivity contribution in [1.82, 2.24) is 0 Å². The van der Waals surface area contributed by atoms with Gasteiger partial charge in [0.2, 0.25) is 0 Å². The first-order chi connectivity index (χ1) is 8.54. The topological polar surface area (TPSA) is 95.7 Å². The third kappa shape index (κ3) is 1.94. The summed E-state index contributed by atoms with van der Waals surface area (Å²) in [6.45, 7) is 3.90. The normalized spacial score (nSPS) is 13.7. The van der Waals surface area contributed by atoms with Crippen molar-refractivity contribution in [2.45, 2.75) is 6.92 Å². The van der Waals surface area contributed by atoms with Crippen molar-refractivity contribution in [3.05, 3.63) is 27.8 Å². The highest BCUT2D eigenvalue weighted by Crippen LogP contribution is 2.38. The van der Waals surface area contributed by atoms with E-state index >= 15 is 0 Å². The predicted octanol–water partition coefficient (Wildman–Crippen LogP) is 1.54. The maximum absolute atomic E-state index is 11.0. The summed E-state index contributed by atoms with van der Waals surface area (Å²) in [5.41, 5.74) is 0.721. The van der Waals surface area contributed by atoms with Crippen molar-refractivity contribution in [3.63, 3.8) is 0 Å². The summed E-state index contributed by atoms with van der Waals surface area (Å²) < 4.78 is 0. The van der Waals surface area contributed by atoms with Gasteiger partial charge in [0.05, 0.1) is 16.2 Å². The number of rotatable bonds is 3. The second-order valence-electron chi connectivity index (χ2n) is 3.96. The van der Waals surface area contributed by atoms with E-state index in [1.54, 1.807) is 0 Å². The van der Waals surface area contributed by atoms with E-state index in [9.17, 15) is 14.9 Å². The number of hydrogen-bond donors (Lipinski definition) is 2. The Balaban J connectivity index is 2.64. The first-order valence-electron chi connectivity index (χ1n) is 5.59. The summed E-state index contributed by atoms with van der Waals surface area (Å²) in [5, 5.41) is 23.0. The van der Waals surface area contributed by atoms with Gasteiger partial charge in [0.25, 0.3) is 5.69 Å². The third-order valence-corrected chi connectivity index (χ3v) is 2.95. The average Bonchev–Trinajstić information content (AvgIpc) is 2.36. The zero-order chi connectivity index (χ0) is 13.3. The summed E-state index contributed by atoms with van der Waals surface area (Å²) in [6, 6.07) is 2.56. The highest BCUT2D eigenvalue weighted by Gasteiger charge is 2.26. The Bertz CT molecular complexity index is 515. The van der Waals surface area contributed by atoms with Crippen molar-refractivity contribution < 1.29 is 14.8 Å². The Kier molecular flexibility index (Phi) is 3.05. The number of nitro benzene ring substituents is 1. The van der Waals surface area contributed by atoms with Gasteiger partial charge in [-0.2, -0.15) is 0 Å². The lowest BCUT2D eigenvalue weighted by Crippen LogP contribution is -2.34. The minimum absolute atomic E-state index is 0.0670. The molecule has 7 heteroatoms. The van der Waals surface area contributed by atoms with E-state index in [0.29, 0.717) is 31.0 Å². The number of carboxylic acids is 1. The highest BCUT2D eigenvalue weighted by atomic mass is 16.6. The van der Waals surface area contributed by atoms with Gasteiger partial charge < -0.3 is 15.3 Å². The van der Waals surface area contributed by atoms with Gasteiger partial charge in [0.1, 0.15) is 5.69 Å². The Hall–Kier alpha value is -2.31. The zero-order valence-electron chi connectivity index (χ0n) is 9.84. The van der Waals surface area contributed by atoms with Crippen molar-refractivity contribution in [1.29, 1.82) is 0 Å². The van der Waals surface area contributed by atoms with Crippen LogP contribution in [-0.2, 0) is 0 Å². The molecule has 0 aromatic heterocycles. The molecule has 0 amide bonds. The quantitative estimate of drug-likeness (QED) is 0.625. The van der Waals surface area contributed by atoms with Gasteiger partial charge in [0.15, 0.2) is 0 Å². The van der Waals surface area contributed by atoms with E-state index in [1.807, 2.05) is 11.8 Å². The van der Waals surface area contributed by atoms with Crippen LogP contribution < -0.4 is 10.2 Å². The van der Waals surface area contributed by atoms with Gasteiger partial charge in [-0.05, 0) is 13.0 Å². The van der Waals surface area contributed by atoms with Crippen LogP contribution in [0.2, 0.25) is 0 Å². The number of fused-ring (bicyclic) bond motifs is 1. The molecular weight excluding hydrogens is 238 g/mol. The number of nitrogens with zero attached hydrogens (tertiary/aromatic N) is 2. The SMILES string of the molecule is CCN1CCNc2c1cc(C(=O)O)cc2[N+](=O)[O-]. The number of hydrogen-bond acceptors (Lipinski definition) is 5. The molecule has 1 aromatic carbocycles. The molecule has 1 aliphatic rings. The lowest BCUT2D eigenvalue weighted by Gasteiger charge is -2.30. The van der Waals surface area contributed by atoms with Crippen molar-refractivity contribution in [2.24, 2.45) is 0 Å². The minimum Gasteiger partial charge on any atom is -0.478 e. The van der Waals surface area contributed by atoms with Gasteiger partial charge in [-0.15, -0.1) is 0 Å². The van der Waals surface area contributed by atoms with Crippen molar-refractivity contribution in [3.8, 4) is 0 Å². The van der Waals surface area contributed by atoms with Crippen LogP contribution in [0.3, 0.4) is 0 Å². The van der Waals surface area contributed by atoms with E-state index in [-0.39, 0.29) is 11.3 Å². The molecule has 0 saturated heterocycles. The third-order valence-electron chi connectivity index (χ3n) is 2.95. The number of aromatic carboxylic acids is 1. The summed E-state index contributed by atoms with van der Waals surface area (Å²) in [7, 11) is 0. The molecule has 0 unspecified atom stereocenters. The number of likely N-dealkylation sites (N-methyl/N-ethyl adjacent to an activating group) is 1. The van der Waals surface area contributed by atoms with Crippen LogP contribution in [0.15, 0.2) is 12.1 Å². The number of nitrogens with one attached hydrogen (secondary N) is 1. The van der Waals surface area contributed by atoms with E-state index in [4.69, 9.17) is 5.11 Å². The summed E-state index contributed by atoms with van der Waals surface area (Å²) in [5.74, 6) is -1.16. The Morgan fingerprint density at radius 3 is 2.89 bits per heavy atom. The molecule has 18 heavy (non-hydrogen) atoms. The fourth-order valence-electron chi connectivity index (χ4n) is 2.07. The Morgan fingerprint density at radius 1 is 1.61 bits per heavy atom.